The number of carbonyl (C=O) groups is 1. The highest BCUT2D eigenvalue weighted by Crippen LogP contribution is 2.26. The van der Waals surface area contributed by atoms with Crippen LogP contribution in [0.5, 0.6) is 0 Å². The summed E-state index contributed by atoms with van der Waals surface area (Å²) in [6.45, 7) is 6.65. The molecule has 10 heteroatoms. The first-order valence-corrected chi connectivity index (χ1v) is 15.0. The molecule has 1 saturated heterocycles. The van der Waals surface area contributed by atoms with Crippen molar-refractivity contribution in [2.75, 3.05) is 23.1 Å². The Morgan fingerprint density at radius 2 is 1.49 bits per heavy atom. The van der Waals surface area contributed by atoms with E-state index in [2.05, 4.69) is 17.0 Å². The monoisotopic (exact) mass is 541 g/mol. The second-order valence-electron chi connectivity index (χ2n) is 9.52. The highest BCUT2D eigenvalue weighted by molar-refractivity contribution is 7.92. The van der Waals surface area contributed by atoms with Crippen LogP contribution in [-0.2, 0) is 20.0 Å². The fraction of sp³-hybridized carbons (Fsp3) is 0.296. The average Bonchev–Trinajstić information content (AvgIpc) is 2.84. The van der Waals surface area contributed by atoms with Gasteiger partial charge in [0.1, 0.15) is 0 Å². The smallest absolute Gasteiger partial charge is 0.261 e. The van der Waals surface area contributed by atoms with E-state index >= 15 is 0 Å². The van der Waals surface area contributed by atoms with E-state index in [9.17, 15) is 21.6 Å². The zero-order valence-electron chi connectivity index (χ0n) is 21.1. The second kappa shape index (κ2) is 10.6. The van der Waals surface area contributed by atoms with Gasteiger partial charge in [0.05, 0.1) is 9.79 Å². The van der Waals surface area contributed by atoms with Crippen molar-refractivity contribution in [3.8, 4) is 0 Å². The van der Waals surface area contributed by atoms with Gasteiger partial charge in [-0.25, -0.2) is 16.8 Å². The normalized spacial score (nSPS) is 15.3. The lowest BCUT2D eigenvalue weighted by Gasteiger charge is -2.29. The lowest BCUT2D eigenvalue weighted by molar-refractivity contribution is 0.102. The Labute approximate surface area is 218 Å². The van der Waals surface area contributed by atoms with Crippen LogP contribution < -0.4 is 10.0 Å². The molecule has 1 fully saturated rings. The maximum atomic E-state index is 13.2. The average molecular weight is 542 g/mol. The topological polar surface area (TPSA) is 113 Å². The first-order valence-electron chi connectivity index (χ1n) is 12.1. The van der Waals surface area contributed by atoms with E-state index in [4.69, 9.17) is 0 Å². The van der Waals surface area contributed by atoms with E-state index in [1.165, 1.54) is 40.7 Å². The number of anilines is 2. The molecule has 1 amide bonds. The summed E-state index contributed by atoms with van der Waals surface area (Å²) in [6, 6.07) is 17.4. The molecule has 196 valence electrons. The van der Waals surface area contributed by atoms with Gasteiger partial charge in [0, 0.05) is 30.0 Å². The van der Waals surface area contributed by atoms with Crippen LogP contribution in [0.25, 0.3) is 0 Å². The zero-order chi connectivity index (χ0) is 26.8. The van der Waals surface area contributed by atoms with Crippen molar-refractivity contribution in [2.45, 2.75) is 43.4 Å². The van der Waals surface area contributed by atoms with Gasteiger partial charge in [-0.3, -0.25) is 9.52 Å². The van der Waals surface area contributed by atoms with Gasteiger partial charge in [-0.05, 0) is 92.3 Å². The molecule has 1 heterocycles. The Hall–Kier alpha value is -3.21. The number of aryl methyl sites for hydroxylation is 2. The maximum Gasteiger partial charge on any atom is 0.261 e. The summed E-state index contributed by atoms with van der Waals surface area (Å²) in [6.07, 6.45) is 1.62. The predicted molar refractivity (Wildman–Crippen MR) is 145 cm³/mol. The fourth-order valence-corrected chi connectivity index (χ4v) is 6.76. The van der Waals surface area contributed by atoms with Gasteiger partial charge < -0.3 is 5.32 Å². The molecule has 0 radical (unpaired) electrons. The van der Waals surface area contributed by atoms with Crippen LogP contribution in [0.4, 0.5) is 11.4 Å². The Balaban J connectivity index is 1.49. The third-order valence-electron chi connectivity index (χ3n) is 6.53. The second-order valence-corrected chi connectivity index (χ2v) is 13.1. The third kappa shape index (κ3) is 6.20. The number of nitrogens with zero attached hydrogens (tertiary/aromatic N) is 1. The lowest BCUT2D eigenvalue weighted by Crippen LogP contribution is -2.38. The van der Waals surface area contributed by atoms with Crippen molar-refractivity contribution in [2.24, 2.45) is 5.92 Å². The van der Waals surface area contributed by atoms with Crippen LogP contribution in [-0.4, -0.2) is 40.1 Å². The first kappa shape index (κ1) is 26.8. The van der Waals surface area contributed by atoms with Crippen molar-refractivity contribution >= 4 is 37.3 Å². The summed E-state index contributed by atoms with van der Waals surface area (Å²) < 4.78 is 55.8. The molecule has 1 aliphatic rings. The maximum absolute atomic E-state index is 13.2. The summed E-state index contributed by atoms with van der Waals surface area (Å²) >= 11 is 0. The molecular formula is C27H31N3O5S2. The summed E-state index contributed by atoms with van der Waals surface area (Å²) in [5, 5.41) is 2.74. The van der Waals surface area contributed by atoms with Crippen LogP contribution in [0.2, 0.25) is 0 Å². The molecule has 0 aromatic heterocycles. The van der Waals surface area contributed by atoms with Gasteiger partial charge in [0.25, 0.3) is 15.9 Å². The molecule has 37 heavy (non-hydrogen) atoms. The molecule has 2 N–H and O–H groups in total. The van der Waals surface area contributed by atoms with Crippen molar-refractivity contribution in [1.82, 2.24) is 4.31 Å². The number of amides is 1. The zero-order valence-corrected chi connectivity index (χ0v) is 22.7. The van der Waals surface area contributed by atoms with E-state index in [1.807, 2.05) is 13.0 Å². The molecular weight excluding hydrogens is 510 g/mol. The SMILES string of the molecule is Cc1cccc(NS(=O)(=O)c2ccc(NC(=O)c3cc(S(=O)(=O)N4CCC(C)CC4)ccc3C)cc2)c1. The van der Waals surface area contributed by atoms with E-state index in [-0.39, 0.29) is 15.4 Å². The van der Waals surface area contributed by atoms with Crippen LogP contribution in [0, 0.1) is 19.8 Å². The number of hydrogen-bond acceptors (Lipinski definition) is 5. The molecule has 0 bridgehead atoms. The molecule has 0 spiro atoms. The van der Waals surface area contributed by atoms with Gasteiger partial charge in [-0.2, -0.15) is 4.31 Å². The molecule has 0 atom stereocenters. The predicted octanol–water partition coefficient (Wildman–Crippen LogP) is 4.78. The van der Waals surface area contributed by atoms with Crippen LogP contribution in [0.1, 0.15) is 41.3 Å². The number of hydrogen-bond donors (Lipinski definition) is 2. The number of rotatable bonds is 7. The molecule has 1 aliphatic heterocycles. The van der Waals surface area contributed by atoms with Gasteiger partial charge in [0.15, 0.2) is 0 Å². The summed E-state index contributed by atoms with van der Waals surface area (Å²) in [5.74, 6) is 0.0146. The van der Waals surface area contributed by atoms with Crippen molar-refractivity contribution < 1.29 is 21.6 Å². The van der Waals surface area contributed by atoms with Crippen LogP contribution >= 0.6 is 0 Å². The Morgan fingerprint density at radius 3 is 2.14 bits per heavy atom. The fourth-order valence-electron chi connectivity index (χ4n) is 4.22. The lowest BCUT2D eigenvalue weighted by atomic mass is 10.0. The van der Waals surface area contributed by atoms with E-state index in [0.717, 1.165) is 18.4 Å². The highest BCUT2D eigenvalue weighted by Gasteiger charge is 2.29. The summed E-state index contributed by atoms with van der Waals surface area (Å²) in [7, 11) is -7.51. The highest BCUT2D eigenvalue weighted by atomic mass is 32.2. The Morgan fingerprint density at radius 1 is 0.838 bits per heavy atom. The Kier molecular flexibility index (Phi) is 7.72. The number of piperidine rings is 1. The van der Waals surface area contributed by atoms with Crippen LogP contribution in [0.3, 0.4) is 0 Å². The number of carbonyl (C=O) groups excluding carboxylic acids is 1. The van der Waals surface area contributed by atoms with E-state index in [1.54, 1.807) is 31.2 Å². The van der Waals surface area contributed by atoms with E-state index < -0.39 is 26.0 Å². The van der Waals surface area contributed by atoms with Crippen molar-refractivity contribution in [3.63, 3.8) is 0 Å². The van der Waals surface area contributed by atoms with Crippen molar-refractivity contribution in [3.05, 3.63) is 83.4 Å². The molecule has 4 rings (SSSR count). The molecule has 3 aromatic rings. The molecule has 0 aliphatic carbocycles. The van der Waals surface area contributed by atoms with Crippen molar-refractivity contribution in [1.29, 1.82) is 0 Å². The number of nitrogens with one attached hydrogen (secondary N) is 2. The molecule has 0 saturated carbocycles. The third-order valence-corrected chi connectivity index (χ3v) is 9.82. The minimum atomic E-state index is -3.80. The minimum absolute atomic E-state index is 0.0483. The summed E-state index contributed by atoms with van der Waals surface area (Å²) in [5.41, 5.74) is 2.64. The number of benzene rings is 3. The minimum Gasteiger partial charge on any atom is -0.322 e. The largest absolute Gasteiger partial charge is 0.322 e. The van der Waals surface area contributed by atoms with Gasteiger partial charge in [-0.15, -0.1) is 0 Å². The standard InChI is InChI=1S/C27H31N3O5S2/c1-19-13-15-30(16-14-19)37(34,35)25-10-7-21(3)26(18-25)27(31)28-22-8-11-24(12-9-22)36(32,33)29-23-6-4-5-20(2)17-23/h4-12,17-19,29H,13-16H2,1-3H3,(H,28,31). The van der Waals surface area contributed by atoms with E-state index in [0.29, 0.717) is 35.9 Å². The summed E-state index contributed by atoms with van der Waals surface area (Å²) in [4.78, 5) is 13.2. The Bertz CT molecular complexity index is 1510. The molecule has 3 aromatic carbocycles. The quantitative estimate of drug-likeness (QED) is 0.447. The van der Waals surface area contributed by atoms with Crippen LogP contribution in [0.15, 0.2) is 76.5 Å². The van der Waals surface area contributed by atoms with Gasteiger partial charge in [0.2, 0.25) is 10.0 Å². The van der Waals surface area contributed by atoms with Gasteiger partial charge >= 0.3 is 0 Å². The molecule has 8 nitrogen and oxygen atoms in total. The number of sulfonamides is 2. The molecule has 0 unspecified atom stereocenters. The van der Waals surface area contributed by atoms with Gasteiger partial charge in [-0.1, -0.05) is 25.1 Å². The first-order chi connectivity index (χ1) is 17.5.